The molecule has 2 rings (SSSR count). The molecule has 2 N–H and O–H groups in total. The van der Waals surface area contributed by atoms with E-state index >= 15 is 0 Å². The fourth-order valence-corrected chi connectivity index (χ4v) is 2.19. The van der Waals surface area contributed by atoms with Crippen molar-refractivity contribution in [3.8, 4) is 0 Å². The number of guanidine groups is 1. The molecule has 0 fully saturated rings. The molecular formula is C17H23F3IN5. The SMILES string of the molecule is CCNC(=NCc1ccc(C(F)(F)F)cc1)NCCCn1cccn1.I. The monoisotopic (exact) mass is 481 g/mol. The van der Waals surface area contributed by atoms with Gasteiger partial charge in [-0.3, -0.25) is 4.68 Å². The van der Waals surface area contributed by atoms with E-state index in [2.05, 4.69) is 20.7 Å². The van der Waals surface area contributed by atoms with E-state index in [1.807, 2.05) is 23.9 Å². The Kier molecular flexibility index (Phi) is 9.46. The zero-order valence-corrected chi connectivity index (χ0v) is 16.8. The largest absolute Gasteiger partial charge is 0.416 e. The summed E-state index contributed by atoms with van der Waals surface area (Å²) in [6.07, 6.45) is 0.214. The minimum Gasteiger partial charge on any atom is -0.357 e. The lowest BCUT2D eigenvalue weighted by Gasteiger charge is -2.11. The van der Waals surface area contributed by atoms with E-state index in [0.29, 0.717) is 19.0 Å². The van der Waals surface area contributed by atoms with Crippen LogP contribution in [0.3, 0.4) is 0 Å². The number of halogens is 4. The summed E-state index contributed by atoms with van der Waals surface area (Å²) >= 11 is 0. The number of hydrogen-bond donors (Lipinski definition) is 2. The molecule has 0 aliphatic carbocycles. The first-order chi connectivity index (χ1) is 12.0. The van der Waals surface area contributed by atoms with E-state index in [1.54, 1.807) is 6.20 Å². The molecule has 0 bridgehead atoms. The fraction of sp³-hybridized carbons (Fsp3) is 0.412. The number of rotatable bonds is 7. The van der Waals surface area contributed by atoms with Crippen LogP contribution in [-0.4, -0.2) is 28.8 Å². The standard InChI is InChI=1S/C17H22F3N5.HI/c1-2-21-16(22-9-3-11-25-12-4-10-24-25)23-13-14-5-7-15(8-6-14)17(18,19)20;/h4-8,10,12H,2-3,9,11,13H2,1H3,(H2,21,22,23);1H. The molecule has 0 unspecified atom stereocenters. The Labute approximate surface area is 168 Å². The zero-order valence-electron chi connectivity index (χ0n) is 14.5. The van der Waals surface area contributed by atoms with E-state index < -0.39 is 11.7 Å². The van der Waals surface area contributed by atoms with Crippen LogP contribution in [0.2, 0.25) is 0 Å². The van der Waals surface area contributed by atoms with Crippen molar-refractivity contribution in [3.63, 3.8) is 0 Å². The molecule has 0 radical (unpaired) electrons. The van der Waals surface area contributed by atoms with Gasteiger partial charge in [-0.1, -0.05) is 12.1 Å². The van der Waals surface area contributed by atoms with Crippen molar-refractivity contribution in [1.82, 2.24) is 20.4 Å². The summed E-state index contributed by atoms with van der Waals surface area (Å²) in [5.41, 5.74) is 0.0747. The van der Waals surface area contributed by atoms with Crippen LogP contribution >= 0.6 is 24.0 Å². The molecule has 26 heavy (non-hydrogen) atoms. The van der Waals surface area contributed by atoms with Gasteiger partial charge in [0, 0.05) is 32.0 Å². The molecule has 9 heteroatoms. The highest BCUT2D eigenvalue weighted by molar-refractivity contribution is 14.0. The number of aromatic nitrogens is 2. The molecule has 0 amide bonds. The summed E-state index contributed by atoms with van der Waals surface area (Å²) < 4.78 is 39.5. The van der Waals surface area contributed by atoms with E-state index in [-0.39, 0.29) is 24.0 Å². The smallest absolute Gasteiger partial charge is 0.357 e. The lowest BCUT2D eigenvalue weighted by atomic mass is 10.1. The minimum absolute atomic E-state index is 0. The molecule has 1 aromatic carbocycles. The third-order valence-electron chi connectivity index (χ3n) is 3.46. The Bertz CT molecular complexity index is 654. The average molecular weight is 481 g/mol. The zero-order chi connectivity index (χ0) is 18.1. The van der Waals surface area contributed by atoms with Gasteiger partial charge in [0.2, 0.25) is 0 Å². The first-order valence-corrected chi connectivity index (χ1v) is 8.15. The van der Waals surface area contributed by atoms with Gasteiger partial charge < -0.3 is 10.6 Å². The van der Waals surface area contributed by atoms with Gasteiger partial charge in [-0.2, -0.15) is 18.3 Å². The Hall–Kier alpha value is -1.78. The maximum Gasteiger partial charge on any atom is 0.416 e. The molecular weight excluding hydrogens is 458 g/mol. The number of aryl methyl sites for hydroxylation is 1. The normalized spacial score (nSPS) is 11.8. The molecule has 0 aliphatic heterocycles. The van der Waals surface area contributed by atoms with Gasteiger partial charge >= 0.3 is 6.18 Å². The summed E-state index contributed by atoms with van der Waals surface area (Å²) in [5.74, 6) is 0.642. The van der Waals surface area contributed by atoms with Crippen molar-refractivity contribution in [1.29, 1.82) is 0 Å². The Morgan fingerprint density at radius 3 is 2.50 bits per heavy atom. The first-order valence-electron chi connectivity index (χ1n) is 8.15. The highest BCUT2D eigenvalue weighted by Crippen LogP contribution is 2.29. The van der Waals surface area contributed by atoms with Crippen LogP contribution in [0.5, 0.6) is 0 Å². The van der Waals surface area contributed by atoms with Gasteiger partial charge in [0.05, 0.1) is 12.1 Å². The summed E-state index contributed by atoms with van der Waals surface area (Å²) in [4.78, 5) is 4.40. The molecule has 0 aliphatic rings. The maximum atomic E-state index is 12.6. The highest BCUT2D eigenvalue weighted by Gasteiger charge is 2.29. The summed E-state index contributed by atoms with van der Waals surface area (Å²) in [5, 5.41) is 10.5. The van der Waals surface area contributed by atoms with Crippen molar-refractivity contribution in [2.75, 3.05) is 13.1 Å². The van der Waals surface area contributed by atoms with Crippen LogP contribution in [0.25, 0.3) is 0 Å². The number of nitrogens with one attached hydrogen (secondary N) is 2. The number of aliphatic imine (C=N–C) groups is 1. The van der Waals surface area contributed by atoms with Crippen LogP contribution in [0.15, 0.2) is 47.7 Å². The van der Waals surface area contributed by atoms with Crippen molar-refractivity contribution in [2.24, 2.45) is 4.99 Å². The first kappa shape index (κ1) is 22.3. The second-order valence-corrected chi connectivity index (χ2v) is 5.44. The van der Waals surface area contributed by atoms with Gasteiger partial charge in [0.25, 0.3) is 0 Å². The number of nitrogens with zero attached hydrogens (tertiary/aromatic N) is 3. The van der Waals surface area contributed by atoms with Gasteiger partial charge in [-0.15, -0.1) is 24.0 Å². The van der Waals surface area contributed by atoms with E-state index in [1.165, 1.54) is 12.1 Å². The fourth-order valence-electron chi connectivity index (χ4n) is 2.19. The molecule has 0 saturated heterocycles. The second-order valence-electron chi connectivity index (χ2n) is 5.44. The van der Waals surface area contributed by atoms with Crippen LogP contribution in [0.1, 0.15) is 24.5 Å². The summed E-state index contributed by atoms with van der Waals surface area (Å²) in [7, 11) is 0. The van der Waals surface area contributed by atoms with Crippen molar-refractivity contribution in [3.05, 3.63) is 53.9 Å². The van der Waals surface area contributed by atoms with Gasteiger partial charge in [-0.25, -0.2) is 4.99 Å². The Morgan fingerprint density at radius 2 is 1.92 bits per heavy atom. The molecule has 0 atom stereocenters. The Morgan fingerprint density at radius 1 is 1.19 bits per heavy atom. The number of alkyl halides is 3. The average Bonchev–Trinajstić information content (AvgIpc) is 3.09. The number of benzene rings is 1. The molecule has 5 nitrogen and oxygen atoms in total. The van der Waals surface area contributed by atoms with Crippen LogP contribution < -0.4 is 10.6 Å². The van der Waals surface area contributed by atoms with Crippen molar-refractivity contribution in [2.45, 2.75) is 32.6 Å². The molecule has 1 heterocycles. The van der Waals surface area contributed by atoms with Crippen LogP contribution in [-0.2, 0) is 19.3 Å². The van der Waals surface area contributed by atoms with Gasteiger partial charge in [0.1, 0.15) is 0 Å². The predicted octanol–water partition coefficient (Wildman–Crippen LogP) is 3.67. The van der Waals surface area contributed by atoms with E-state index in [4.69, 9.17) is 0 Å². The molecule has 0 spiro atoms. The third kappa shape index (κ3) is 7.63. The summed E-state index contributed by atoms with van der Waals surface area (Å²) in [6, 6.07) is 6.94. The minimum atomic E-state index is -4.31. The van der Waals surface area contributed by atoms with E-state index in [9.17, 15) is 13.2 Å². The van der Waals surface area contributed by atoms with Gasteiger partial charge in [-0.05, 0) is 37.1 Å². The quantitative estimate of drug-likeness (QED) is 0.275. The lowest BCUT2D eigenvalue weighted by molar-refractivity contribution is -0.137. The van der Waals surface area contributed by atoms with E-state index in [0.717, 1.165) is 37.2 Å². The summed E-state index contributed by atoms with van der Waals surface area (Å²) in [6.45, 7) is 4.50. The maximum absolute atomic E-state index is 12.6. The van der Waals surface area contributed by atoms with Crippen LogP contribution in [0.4, 0.5) is 13.2 Å². The Balaban J connectivity index is 0.00000338. The third-order valence-corrected chi connectivity index (χ3v) is 3.46. The molecule has 1 aromatic heterocycles. The molecule has 0 saturated carbocycles. The van der Waals surface area contributed by atoms with Crippen molar-refractivity contribution < 1.29 is 13.2 Å². The highest BCUT2D eigenvalue weighted by atomic mass is 127. The van der Waals surface area contributed by atoms with Crippen molar-refractivity contribution >= 4 is 29.9 Å². The van der Waals surface area contributed by atoms with Crippen LogP contribution in [0, 0.1) is 0 Å². The predicted molar refractivity (Wildman–Crippen MR) is 107 cm³/mol. The topological polar surface area (TPSA) is 54.2 Å². The second kappa shape index (κ2) is 11.0. The number of hydrogen-bond acceptors (Lipinski definition) is 2. The molecule has 144 valence electrons. The van der Waals surface area contributed by atoms with Gasteiger partial charge in [0.15, 0.2) is 5.96 Å². The molecule has 2 aromatic rings. The lowest BCUT2D eigenvalue weighted by Crippen LogP contribution is -2.38.